The third-order valence-electron chi connectivity index (χ3n) is 6.14. The lowest BCUT2D eigenvalue weighted by molar-refractivity contribution is 0.0746. The zero-order valence-corrected chi connectivity index (χ0v) is 19.7. The average molecular weight is 445 g/mol. The van der Waals surface area contributed by atoms with E-state index >= 15 is 0 Å². The quantitative estimate of drug-likeness (QED) is 0.492. The summed E-state index contributed by atoms with van der Waals surface area (Å²) in [5.41, 5.74) is 3.90. The molecule has 5 nitrogen and oxygen atoms in total. The number of methoxy groups -OCH3 is 1. The van der Waals surface area contributed by atoms with Crippen LogP contribution in [0, 0.1) is 0 Å². The third kappa shape index (κ3) is 5.30. The van der Waals surface area contributed by atoms with Gasteiger partial charge in [0.2, 0.25) is 0 Å². The maximum absolute atomic E-state index is 13.2. The molecular formula is C28H32N2O3. The van der Waals surface area contributed by atoms with Crippen LogP contribution in [-0.2, 0) is 6.61 Å². The minimum Gasteiger partial charge on any atom is -0.496 e. The van der Waals surface area contributed by atoms with Gasteiger partial charge >= 0.3 is 0 Å². The predicted molar refractivity (Wildman–Crippen MR) is 132 cm³/mol. The van der Waals surface area contributed by atoms with Gasteiger partial charge in [-0.1, -0.05) is 50.2 Å². The second-order valence-corrected chi connectivity index (χ2v) is 8.62. The Balaban J connectivity index is 1.45. The van der Waals surface area contributed by atoms with Crippen LogP contribution < -0.4 is 14.4 Å². The summed E-state index contributed by atoms with van der Waals surface area (Å²) in [6.07, 6.45) is 0. The number of ether oxygens (including phenoxy) is 2. The van der Waals surface area contributed by atoms with E-state index in [1.807, 2.05) is 59.5 Å². The number of anilines is 1. The summed E-state index contributed by atoms with van der Waals surface area (Å²) in [6.45, 7) is 7.71. The fourth-order valence-corrected chi connectivity index (χ4v) is 4.26. The first-order valence-electron chi connectivity index (χ1n) is 11.5. The summed E-state index contributed by atoms with van der Waals surface area (Å²) < 4.78 is 11.7. The number of benzene rings is 3. The van der Waals surface area contributed by atoms with Crippen molar-refractivity contribution in [2.24, 2.45) is 0 Å². The summed E-state index contributed by atoms with van der Waals surface area (Å²) >= 11 is 0. The van der Waals surface area contributed by atoms with Crippen LogP contribution in [0.25, 0.3) is 0 Å². The van der Waals surface area contributed by atoms with E-state index in [9.17, 15) is 4.79 Å². The number of rotatable bonds is 7. The predicted octanol–water partition coefficient (Wildman–Crippen LogP) is 5.36. The van der Waals surface area contributed by atoms with Crippen molar-refractivity contribution >= 4 is 11.6 Å². The highest BCUT2D eigenvalue weighted by Gasteiger charge is 2.23. The summed E-state index contributed by atoms with van der Waals surface area (Å²) in [4.78, 5) is 17.5. The molecule has 172 valence electrons. The average Bonchev–Trinajstić information content (AvgIpc) is 2.87. The largest absolute Gasteiger partial charge is 0.496 e. The molecule has 0 bridgehead atoms. The van der Waals surface area contributed by atoms with E-state index in [2.05, 4.69) is 36.9 Å². The first kappa shape index (κ1) is 22.7. The first-order valence-corrected chi connectivity index (χ1v) is 11.5. The van der Waals surface area contributed by atoms with Crippen molar-refractivity contribution < 1.29 is 14.3 Å². The molecule has 1 aliphatic heterocycles. The number of nitrogens with zero attached hydrogens (tertiary/aromatic N) is 2. The molecule has 0 aliphatic carbocycles. The molecule has 33 heavy (non-hydrogen) atoms. The van der Waals surface area contributed by atoms with E-state index in [1.165, 1.54) is 11.3 Å². The Labute approximate surface area is 196 Å². The number of para-hydroxylation sites is 2. The second-order valence-electron chi connectivity index (χ2n) is 8.62. The van der Waals surface area contributed by atoms with E-state index in [0.717, 1.165) is 30.2 Å². The van der Waals surface area contributed by atoms with Crippen molar-refractivity contribution in [3.63, 3.8) is 0 Å². The molecule has 0 spiro atoms. The van der Waals surface area contributed by atoms with E-state index in [0.29, 0.717) is 31.2 Å². The molecule has 0 radical (unpaired) electrons. The maximum atomic E-state index is 13.2. The lowest BCUT2D eigenvalue weighted by atomic mass is 10.0. The zero-order chi connectivity index (χ0) is 23.2. The van der Waals surface area contributed by atoms with Crippen molar-refractivity contribution in [1.29, 1.82) is 0 Å². The van der Waals surface area contributed by atoms with Gasteiger partial charge in [0.15, 0.2) is 0 Å². The van der Waals surface area contributed by atoms with E-state index in [4.69, 9.17) is 9.47 Å². The van der Waals surface area contributed by atoms with Crippen molar-refractivity contribution in [1.82, 2.24) is 4.90 Å². The smallest absolute Gasteiger partial charge is 0.253 e. The summed E-state index contributed by atoms with van der Waals surface area (Å²) in [6, 6.07) is 24.0. The lowest BCUT2D eigenvalue weighted by Gasteiger charge is -2.36. The standard InChI is InChI=1S/C28H32N2O3/c1-21(2)25-11-7-8-12-27(25)33-20-23-19-22(13-14-26(23)32-3)28(31)30-17-15-29(16-18-30)24-9-5-4-6-10-24/h4-14,19,21H,15-18,20H2,1-3H3. The number of carbonyl (C=O) groups is 1. The molecule has 0 aromatic heterocycles. The zero-order valence-electron chi connectivity index (χ0n) is 19.7. The Morgan fingerprint density at radius 1 is 0.879 bits per heavy atom. The van der Waals surface area contributed by atoms with Crippen LogP contribution >= 0.6 is 0 Å². The Morgan fingerprint density at radius 2 is 1.58 bits per heavy atom. The SMILES string of the molecule is COc1ccc(C(=O)N2CCN(c3ccccc3)CC2)cc1COc1ccccc1C(C)C. The highest BCUT2D eigenvalue weighted by Crippen LogP contribution is 2.29. The maximum Gasteiger partial charge on any atom is 0.253 e. The number of carbonyl (C=O) groups excluding carboxylic acids is 1. The Bertz CT molecular complexity index is 1070. The van der Waals surface area contributed by atoms with Gasteiger partial charge in [0.05, 0.1) is 7.11 Å². The van der Waals surface area contributed by atoms with E-state index in [-0.39, 0.29) is 5.91 Å². The summed E-state index contributed by atoms with van der Waals surface area (Å²) in [5, 5.41) is 0. The Morgan fingerprint density at radius 3 is 2.27 bits per heavy atom. The fourth-order valence-electron chi connectivity index (χ4n) is 4.26. The topological polar surface area (TPSA) is 42.0 Å². The van der Waals surface area contributed by atoms with Crippen LogP contribution in [-0.4, -0.2) is 44.1 Å². The molecule has 0 unspecified atom stereocenters. The molecule has 1 heterocycles. The summed E-state index contributed by atoms with van der Waals surface area (Å²) in [5.74, 6) is 2.01. The minimum absolute atomic E-state index is 0.0502. The molecule has 0 atom stereocenters. The Hall–Kier alpha value is -3.47. The van der Waals surface area contributed by atoms with Gasteiger partial charge in [-0.3, -0.25) is 4.79 Å². The van der Waals surface area contributed by atoms with E-state index < -0.39 is 0 Å². The molecule has 0 N–H and O–H groups in total. The van der Waals surface area contributed by atoms with Gasteiger partial charge in [-0.05, 0) is 47.9 Å². The van der Waals surface area contributed by atoms with Gasteiger partial charge in [0, 0.05) is 43.0 Å². The molecule has 1 saturated heterocycles. The third-order valence-corrected chi connectivity index (χ3v) is 6.14. The molecule has 4 rings (SSSR count). The van der Waals surface area contributed by atoms with Gasteiger partial charge in [0.1, 0.15) is 18.1 Å². The highest BCUT2D eigenvalue weighted by atomic mass is 16.5. The van der Waals surface area contributed by atoms with E-state index in [1.54, 1.807) is 7.11 Å². The van der Waals surface area contributed by atoms with Gasteiger partial charge < -0.3 is 19.3 Å². The molecular weight excluding hydrogens is 412 g/mol. The molecule has 3 aromatic carbocycles. The molecule has 1 aliphatic rings. The normalized spacial score (nSPS) is 13.8. The number of hydrogen-bond acceptors (Lipinski definition) is 4. The molecule has 1 amide bonds. The molecule has 0 saturated carbocycles. The number of amides is 1. The first-order chi connectivity index (χ1) is 16.1. The van der Waals surface area contributed by atoms with Crippen molar-refractivity contribution in [3.05, 3.63) is 89.5 Å². The number of hydrogen-bond donors (Lipinski definition) is 0. The fraction of sp³-hybridized carbons (Fsp3) is 0.321. The van der Waals surface area contributed by atoms with Crippen LogP contribution in [0.15, 0.2) is 72.8 Å². The number of piperazine rings is 1. The van der Waals surface area contributed by atoms with Gasteiger partial charge in [-0.25, -0.2) is 0 Å². The van der Waals surface area contributed by atoms with Crippen LogP contribution in [0.3, 0.4) is 0 Å². The van der Waals surface area contributed by atoms with Gasteiger partial charge in [-0.15, -0.1) is 0 Å². The van der Waals surface area contributed by atoms with Crippen LogP contribution in [0.1, 0.15) is 41.3 Å². The van der Waals surface area contributed by atoms with Crippen LogP contribution in [0.5, 0.6) is 11.5 Å². The monoisotopic (exact) mass is 444 g/mol. The van der Waals surface area contributed by atoms with Crippen molar-refractivity contribution in [3.8, 4) is 11.5 Å². The minimum atomic E-state index is 0.0502. The van der Waals surface area contributed by atoms with Crippen LogP contribution in [0.4, 0.5) is 5.69 Å². The molecule has 3 aromatic rings. The lowest BCUT2D eigenvalue weighted by Crippen LogP contribution is -2.48. The van der Waals surface area contributed by atoms with Gasteiger partial charge in [-0.2, -0.15) is 0 Å². The molecule has 1 fully saturated rings. The Kier molecular flexibility index (Phi) is 7.18. The van der Waals surface area contributed by atoms with Gasteiger partial charge in [0.25, 0.3) is 5.91 Å². The van der Waals surface area contributed by atoms with Crippen LogP contribution in [0.2, 0.25) is 0 Å². The van der Waals surface area contributed by atoms with Crippen molar-refractivity contribution in [2.45, 2.75) is 26.4 Å². The summed E-state index contributed by atoms with van der Waals surface area (Å²) in [7, 11) is 1.64. The highest BCUT2D eigenvalue weighted by molar-refractivity contribution is 5.94. The molecule has 5 heteroatoms. The second kappa shape index (κ2) is 10.4. The van der Waals surface area contributed by atoms with Crippen molar-refractivity contribution in [2.75, 3.05) is 38.2 Å².